The first kappa shape index (κ1) is 17.2. The largest absolute Gasteiger partial charge is 0.435 e. The van der Waals surface area contributed by atoms with Crippen LogP contribution in [0.25, 0.3) is 10.6 Å². The number of thiophene rings is 1. The highest BCUT2D eigenvalue weighted by atomic mass is 32.1. The van der Waals surface area contributed by atoms with Gasteiger partial charge in [-0.3, -0.25) is 9.48 Å². The Morgan fingerprint density at radius 3 is 2.29 bits per heavy atom. The van der Waals surface area contributed by atoms with E-state index >= 15 is 0 Å². The zero-order chi connectivity index (χ0) is 16.4. The van der Waals surface area contributed by atoms with Crippen molar-refractivity contribution in [3.8, 4) is 10.6 Å². The van der Waals surface area contributed by atoms with E-state index in [1.807, 2.05) is 13.8 Å². The van der Waals surface area contributed by atoms with E-state index in [4.69, 9.17) is 5.73 Å². The lowest BCUT2D eigenvalue weighted by Crippen LogP contribution is -2.08. The van der Waals surface area contributed by atoms with Crippen LogP contribution in [-0.2, 0) is 13.2 Å². The molecule has 0 aliphatic heterocycles. The molecule has 4 nitrogen and oxygen atoms in total. The summed E-state index contributed by atoms with van der Waals surface area (Å²) in [7, 11) is 1.26. The van der Waals surface area contributed by atoms with Gasteiger partial charge in [0.15, 0.2) is 5.69 Å². The van der Waals surface area contributed by atoms with Gasteiger partial charge in [0.05, 0.1) is 15.4 Å². The number of aromatic nitrogens is 2. The summed E-state index contributed by atoms with van der Waals surface area (Å²) in [5.74, 6) is -1.65. The van der Waals surface area contributed by atoms with E-state index in [0.29, 0.717) is 11.3 Å². The van der Waals surface area contributed by atoms with Crippen LogP contribution in [0, 0.1) is 5.82 Å². The summed E-state index contributed by atoms with van der Waals surface area (Å²) in [6.45, 7) is 4.00. The van der Waals surface area contributed by atoms with Gasteiger partial charge in [-0.15, -0.1) is 11.3 Å². The second-order valence-corrected chi connectivity index (χ2v) is 4.74. The molecule has 0 saturated carbocycles. The normalized spacial score (nSPS) is 11.0. The van der Waals surface area contributed by atoms with Gasteiger partial charge in [0.25, 0.3) is 5.91 Å². The first-order valence-electron chi connectivity index (χ1n) is 5.91. The zero-order valence-electron chi connectivity index (χ0n) is 11.5. The highest BCUT2D eigenvalue weighted by Gasteiger charge is 2.35. The predicted molar refractivity (Wildman–Crippen MR) is 71.3 cm³/mol. The summed E-state index contributed by atoms with van der Waals surface area (Å²) in [4.78, 5) is 10.7. The van der Waals surface area contributed by atoms with Crippen molar-refractivity contribution in [2.45, 2.75) is 20.0 Å². The Bertz CT molecular complexity index is 645. The van der Waals surface area contributed by atoms with Gasteiger partial charge in [0.1, 0.15) is 5.82 Å². The molecular formula is C12H13F4N3OS. The van der Waals surface area contributed by atoms with Gasteiger partial charge in [-0.2, -0.15) is 18.3 Å². The van der Waals surface area contributed by atoms with Crippen LogP contribution in [0.5, 0.6) is 0 Å². The third-order valence-electron chi connectivity index (χ3n) is 2.33. The average molecular weight is 323 g/mol. The summed E-state index contributed by atoms with van der Waals surface area (Å²) in [5.41, 5.74) is 3.80. The number of primary amides is 1. The number of nitrogens with zero attached hydrogens (tertiary/aromatic N) is 2. The van der Waals surface area contributed by atoms with Crippen LogP contribution in [-0.4, -0.2) is 15.7 Å². The minimum atomic E-state index is -4.61. The first-order valence-corrected chi connectivity index (χ1v) is 6.72. The van der Waals surface area contributed by atoms with Gasteiger partial charge in [-0.1, -0.05) is 13.8 Å². The molecule has 0 atom stereocenters. The SMILES string of the molecule is CC.Cn1nc(C(F)(F)F)cc1-c1sc(C(N)=O)cc1F. The van der Waals surface area contributed by atoms with Crippen molar-refractivity contribution >= 4 is 17.2 Å². The van der Waals surface area contributed by atoms with Gasteiger partial charge < -0.3 is 5.73 Å². The minimum absolute atomic E-state index is 0.0673. The third kappa shape index (κ3) is 3.60. The molecule has 21 heavy (non-hydrogen) atoms. The smallest absolute Gasteiger partial charge is 0.365 e. The van der Waals surface area contributed by atoms with E-state index in [-0.39, 0.29) is 15.4 Å². The lowest BCUT2D eigenvalue weighted by molar-refractivity contribution is -0.141. The van der Waals surface area contributed by atoms with Crippen molar-refractivity contribution in [2.24, 2.45) is 12.8 Å². The summed E-state index contributed by atoms with van der Waals surface area (Å²) in [6.07, 6.45) is -4.61. The van der Waals surface area contributed by atoms with Crippen LogP contribution in [0.4, 0.5) is 17.6 Å². The molecule has 0 unspecified atom stereocenters. The number of nitrogens with two attached hydrogens (primary N) is 1. The molecule has 0 aliphatic carbocycles. The van der Waals surface area contributed by atoms with Gasteiger partial charge in [-0.25, -0.2) is 4.39 Å². The van der Waals surface area contributed by atoms with Crippen LogP contribution in [0.15, 0.2) is 12.1 Å². The molecule has 9 heteroatoms. The molecule has 0 aromatic carbocycles. The topological polar surface area (TPSA) is 60.9 Å². The Labute approximate surface area is 122 Å². The molecule has 1 amide bonds. The molecule has 0 aliphatic rings. The lowest BCUT2D eigenvalue weighted by atomic mass is 10.3. The summed E-state index contributed by atoms with van der Waals surface area (Å²) >= 11 is 0.681. The number of hydrogen-bond acceptors (Lipinski definition) is 3. The number of aryl methyl sites for hydroxylation is 1. The first-order chi connectivity index (χ1) is 9.70. The van der Waals surface area contributed by atoms with Crippen LogP contribution < -0.4 is 5.73 Å². The van der Waals surface area contributed by atoms with Crippen LogP contribution >= 0.6 is 11.3 Å². The highest BCUT2D eigenvalue weighted by molar-refractivity contribution is 7.17. The molecule has 116 valence electrons. The monoisotopic (exact) mass is 323 g/mol. The van der Waals surface area contributed by atoms with E-state index < -0.39 is 23.6 Å². The van der Waals surface area contributed by atoms with E-state index in [9.17, 15) is 22.4 Å². The van der Waals surface area contributed by atoms with Crippen molar-refractivity contribution in [3.63, 3.8) is 0 Å². The zero-order valence-corrected chi connectivity index (χ0v) is 12.3. The maximum atomic E-state index is 13.6. The van der Waals surface area contributed by atoms with Crippen molar-refractivity contribution in [2.75, 3.05) is 0 Å². The number of hydrogen-bond donors (Lipinski definition) is 1. The molecular weight excluding hydrogens is 310 g/mol. The van der Waals surface area contributed by atoms with Gasteiger partial charge in [0, 0.05) is 7.05 Å². The molecule has 0 bridgehead atoms. The number of carbonyl (C=O) groups excluding carboxylic acids is 1. The van der Waals surface area contributed by atoms with Crippen molar-refractivity contribution in [1.29, 1.82) is 0 Å². The Hall–Kier alpha value is -1.90. The quantitative estimate of drug-likeness (QED) is 0.861. The van der Waals surface area contributed by atoms with E-state index in [2.05, 4.69) is 5.10 Å². The summed E-state index contributed by atoms with van der Waals surface area (Å²) in [6, 6.07) is 1.61. The maximum Gasteiger partial charge on any atom is 0.435 e. The highest BCUT2D eigenvalue weighted by Crippen LogP contribution is 2.35. The van der Waals surface area contributed by atoms with Gasteiger partial charge in [0.2, 0.25) is 0 Å². The number of amides is 1. The van der Waals surface area contributed by atoms with E-state index in [0.717, 1.165) is 16.8 Å². The average Bonchev–Trinajstić information content (AvgIpc) is 2.94. The fraction of sp³-hybridized carbons (Fsp3) is 0.333. The Morgan fingerprint density at radius 1 is 1.33 bits per heavy atom. The van der Waals surface area contributed by atoms with Gasteiger partial charge >= 0.3 is 6.18 Å². The van der Waals surface area contributed by atoms with Crippen molar-refractivity contribution in [1.82, 2.24) is 9.78 Å². The number of alkyl halides is 3. The van der Waals surface area contributed by atoms with Crippen molar-refractivity contribution < 1.29 is 22.4 Å². The minimum Gasteiger partial charge on any atom is -0.365 e. The summed E-state index contributed by atoms with van der Waals surface area (Å²) in [5, 5.41) is 3.27. The lowest BCUT2D eigenvalue weighted by Gasteiger charge is -1.98. The molecule has 2 N–H and O–H groups in total. The maximum absolute atomic E-state index is 13.6. The predicted octanol–water partition coefficient (Wildman–Crippen LogP) is 3.43. The molecule has 2 heterocycles. The second kappa shape index (κ2) is 6.25. The Morgan fingerprint density at radius 2 is 1.90 bits per heavy atom. The molecule has 2 rings (SSSR count). The van der Waals surface area contributed by atoms with Gasteiger partial charge in [-0.05, 0) is 12.1 Å². The molecule has 0 radical (unpaired) electrons. The Kier molecular flexibility index (Phi) is 5.10. The fourth-order valence-corrected chi connectivity index (χ4v) is 2.42. The van der Waals surface area contributed by atoms with Crippen LogP contribution in [0.3, 0.4) is 0 Å². The molecule has 2 aromatic rings. The standard InChI is InChI=1S/C10H7F4N3OS.C2H6/c1-17-5(3-7(16-17)10(12,13)14)8-4(11)2-6(19-8)9(15)18;1-2/h2-3H,1H3,(H2,15,18);1-2H3. The van der Waals surface area contributed by atoms with E-state index in [1.165, 1.54) is 7.05 Å². The van der Waals surface area contributed by atoms with Crippen LogP contribution in [0.1, 0.15) is 29.2 Å². The molecule has 0 spiro atoms. The summed E-state index contributed by atoms with van der Waals surface area (Å²) < 4.78 is 52.0. The molecule has 0 saturated heterocycles. The fourth-order valence-electron chi connectivity index (χ4n) is 1.48. The molecule has 2 aromatic heterocycles. The number of carbonyl (C=O) groups is 1. The third-order valence-corrected chi connectivity index (χ3v) is 3.48. The van der Waals surface area contributed by atoms with Crippen LogP contribution in [0.2, 0.25) is 0 Å². The number of halogens is 4. The van der Waals surface area contributed by atoms with Crippen molar-refractivity contribution in [3.05, 3.63) is 28.5 Å². The second-order valence-electron chi connectivity index (χ2n) is 3.69. The number of rotatable bonds is 2. The molecule has 0 fully saturated rings. The Balaban J connectivity index is 0.00000106. The van der Waals surface area contributed by atoms with E-state index in [1.54, 1.807) is 0 Å².